The fourth-order valence-corrected chi connectivity index (χ4v) is 4.06. The van der Waals surface area contributed by atoms with Crippen LogP contribution in [0.3, 0.4) is 0 Å². The van der Waals surface area contributed by atoms with Crippen LogP contribution in [0.15, 0.2) is 29.2 Å². The van der Waals surface area contributed by atoms with Crippen LogP contribution in [-0.2, 0) is 19.6 Å². The fraction of sp³-hybridized carbons (Fsp3) is 0.400. The molecule has 25 heavy (non-hydrogen) atoms. The fourth-order valence-electron chi connectivity index (χ4n) is 2.21. The van der Waals surface area contributed by atoms with Gasteiger partial charge in [-0.3, -0.25) is 14.5 Å². The van der Waals surface area contributed by atoms with Gasteiger partial charge in [-0.25, -0.2) is 13.1 Å². The summed E-state index contributed by atoms with van der Waals surface area (Å²) in [5.74, 6) is 0.267. The molecule has 2 N–H and O–H groups in total. The largest absolute Gasteiger partial charge is 0.326 e. The van der Waals surface area contributed by atoms with E-state index in [1.54, 1.807) is 17.0 Å². The predicted molar refractivity (Wildman–Crippen MR) is 102 cm³/mol. The number of thioether (sulfide) groups is 1. The lowest BCUT2D eigenvalue weighted by Crippen LogP contribution is -2.29. The van der Waals surface area contributed by atoms with E-state index in [4.69, 9.17) is 12.2 Å². The number of hydrogen-bond donors (Lipinski definition) is 2. The first kappa shape index (κ1) is 19.8. The smallest absolute Gasteiger partial charge is 0.240 e. The third kappa shape index (κ3) is 5.50. The highest BCUT2D eigenvalue weighted by Gasteiger charge is 2.25. The van der Waals surface area contributed by atoms with Gasteiger partial charge in [0.05, 0.1) is 10.6 Å². The highest BCUT2D eigenvalue weighted by molar-refractivity contribution is 8.23. The lowest BCUT2D eigenvalue weighted by atomic mass is 10.2. The molecule has 0 aromatic heterocycles. The highest BCUT2D eigenvalue weighted by atomic mass is 32.2. The minimum Gasteiger partial charge on any atom is -0.326 e. The van der Waals surface area contributed by atoms with Crippen molar-refractivity contribution in [2.75, 3.05) is 24.7 Å². The van der Waals surface area contributed by atoms with Crippen molar-refractivity contribution in [3.05, 3.63) is 24.3 Å². The number of carbonyl (C=O) groups is 2. The molecule has 0 radical (unpaired) electrons. The zero-order valence-electron chi connectivity index (χ0n) is 13.6. The molecule has 1 saturated heterocycles. The molecule has 1 heterocycles. The van der Waals surface area contributed by atoms with Crippen LogP contribution in [0.4, 0.5) is 5.69 Å². The molecule has 1 aromatic rings. The molecule has 1 aliphatic heterocycles. The van der Waals surface area contributed by atoms with Crippen molar-refractivity contribution in [3.8, 4) is 0 Å². The standard InChI is InChI=1S/C15H19N3O4S3/c1-16-25(21,22)12-7-5-11(6-8-12)17-13(19)4-2-3-9-18-14(20)10-24-15(18)23/h5-8,16H,2-4,9-10H2,1H3,(H,17,19). The van der Waals surface area contributed by atoms with Gasteiger partial charge in [0.25, 0.3) is 0 Å². The summed E-state index contributed by atoms with van der Waals surface area (Å²) in [7, 11) is -2.15. The third-order valence-electron chi connectivity index (χ3n) is 3.59. The number of unbranched alkanes of at least 4 members (excludes halogenated alkanes) is 1. The summed E-state index contributed by atoms with van der Waals surface area (Å²) in [6, 6.07) is 5.94. The van der Waals surface area contributed by atoms with Gasteiger partial charge in [-0.15, -0.1) is 0 Å². The molecular weight excluding hydrogens is 382 g/mol. The molecule has 2 rings (SSSR count). The van der Waals surface area contributed by atoms with E-state index < -0.39 is 10.0 Å². The van der Waals surface area contributed by atoms with Gasteiger partial charge in [-0.2, -0.15) is 0 Å². The monoisotopic (exact) mass is 401 g/mol. The molecule has 0 saturated carbocycles. The minimum atomic E-state index is -3.49. The normalized spacial score (nSPS) is 14.8. The number of anilines is 1. The Morgan fingerprint density at radius 3 is 2.52 bits per heavy atom. The second-order valence-corrected chi connectivity index (χ2v) is 8.83. The van der Waals surface area contributed by atoms with Gasteiger partial charge in [0.1, 0.15) is 4.32 Å². The quantitative estimate of drug-likeness (QED) is 0.507. The van der Waals surface area contributed by atoms with E-state index in [1.807, 2.05) is 0 Å². The highest BCUT2D eigenvalue weighted by Crippen LogP contribution is 2.20. The Labute approximate surface area is 156 Å². The van der Waals surface area contributed by atoms with Crippen molar-refractivity contribution in [1.82, 2.24) is 9.62 Å². The van der Waals surface area contributed by atoms with Crippen molar-refractivity contribution in [2.24, 2.45) is 0 Å². The molecule has 0 spiro atoms. The van der Waals surface area contributed by atoms with E-state index in [0.29, 0.717) is 41.6 Å². The average molecular weight is 402 g/mol. The van der Waals surface area contributed by atoms with Crippen molar-refractivity contribution < 1.29 is 18.0 Å². The maximum Gasteiger partial charge on any atom is 0.240 e. The van der Waals surface area contributed by atoms with Gasteiger partial charge in [0, 0.05) is 18.7 Å². The molecule has 10 heteroatoms. The van der Waals surface area contributed by atoms with Crippen LogP contribution in [0.1, 0.15) is 19.3 Å². The van der Waals surface area contributed by atoms with Crippen LogP contribution >= 0.6 is 24.0 Å². The Kier molecular flexibility index (Phi) is 6.94. The van der Waals surface area contributed by atoms with Crippen LogP contribution in [0.5, 0.6) is 0 Å². The van der Waals surface area contributed by atoms with Gasteiger partial charge < -0.3 is 5.32 Å². The Morgan fingerprint density at radius 2 is 1.96 bits per heavy atom. The predicted octanol–water partition coefficient (Wildman–Crippen LogP) is 1.56. The zero-order chi connectivity index (χ0) is 18.4. The summed E-state index contributed by atoms with van der Waals surface area (Å²) >= 11 is 6.46. The van der Waals surface area contributed by atoms with E-state index in [-0.39, 0.29) is 16.7 Å². The molecule has 1 fully saturated rings. The first-order valence-electron chi connectivity index (χ1n) is 7.64. The molecule has 7 nitrogen and oxygen atoms in total. The van der Waals surface area contributed by atoms with E-state index >= 15 is 0 Å². The topological polar surface area (TPSA) is 95.6 Å². The lowest BCUT2D eigenvalue weighted by molar-refractivity contribution is -0.124. The number of carbonyl (C=O) groups excluding carboxylic acids is 2. The second kappa shape index (κ2) is 8.75. The molecule has 1 aromatic carbocycles. The Bertz CT molecular complexity index is 747. The Morgan fingerprint density at radius 1 is 1.28 bits per heavy atom. The van der Waals surface area contributed by atoms with Crippen LogP contribution in [0.2, 0.25) is 0 Å². The zero-order valence-corrected chi connectivity index (χ0v) is 16.1. The Hall–Kier alpha value is -1.49. The molecule has 0 atom stereocenters. The first-order chi connectivity index (χ1) is 11.8. The summed E-state index contributed by atoms with van der Waals surface area (Å²) < 4.78 is 26.1. The van der Waals surface area contributed by atoms with Crippen LogP contribution in [0.25, 0.3) is 0 Å². The Balaban J connectivity index is 1.75. The number of rotatable bonds is 8. The number of benzene rings is 1. The van der Waals surface area contributed by atoms with Crippen molar-refractivity contribution >= 4 is 55.8 Å². The number of sulfonamides is 1. The minimum absolute atomic E-state index is 0.0241. The maximum absolute atomic E-state index is 11.9. The summed E-state index contributed by atoms with van der Waals surface area (Å²) in [4.78, 5) is 25.2. The molecule has 1 aliphatic rings. The van der Waals surface area contributed by atoms with Gasteiger partial charge >= 0.3 is 0 Å². The van der Waals surface area contributed by atoms with E-state index in [1.165, 1.54) is 30.9 Å². The summed E-state index contributed by atoms with van der Waals surface area (Å²) in [6.07, 6.45) is 1.65. The molecule has 0 aliphatic carbocycles. The molecule has 0 unspecified atom stereocenters. The average Bonchev–Trinajstić information content (AvgIpc) is 2.90. The van der Waals surface area contributed by atoms with Crippen LogP contribution in [-0.4, -0.2) is 48.8 Å². The first-order valence-corrected chi connectivity index (χ1v) is 10.5. The number of thiocarbonyl (C=S) groups is 1. The van der Waals surface area contributed by atoms with E-state index in [9.17, 15) is 18.0 Å². The molecule has 0 bridgehead atoms. The maximum atomic E-state index is 11.9. The molecule has 136 valence electrons. The summed E-state index contributed by atoms with van der Waals surface area (Å²) in [5.41, 5.74) is 0.535. The second-order valence-electron chi connectivity index (χ2n) is 5.34. The van der Waals surface area contributed by atoms with Gasteiger partial charge in [-0.05, 0) is 44.2 Å². The lowest BCUT2D eigenvalue weighted by Gasteiger charge is -2.14. The third-order valence-corrected chi connectivity index (χ3v) is 6.46. The molecule has 2 amide bonds. The van der Waals surface area contributed by atoms with Gasteiger partial charge in [0.2, 0.25) is 21.8 Å². The van der Waals surface area contributed by atoms with Crippen LogP contribution in [0, 0.1) is 0 Å². The van der Waals surface area contributed by atoms with Gasteiger partial charge in [-0.1, -0.05) is 24.0 Å². The number of hydrogen-bond acceptors (Lipinski definition) is 6. The SMILES string of the molecule is CNS(=O)(=O)c1ccc(NC(=O)CCCCN2C(=O)CSC2=S)cc1. The number of nitrogens with one attached hydrogen (secondary N) is 2. The van der Waals surface area contributed by atoms with Crippen molar-refractivity contribution in [2.45, 2.75) is 24.2 Å². The van der Waals surface area contributed by atoms with E-state index in [2.05, 4.69) is 10.0 Å². The van der Waals surface area contributed by atoms with Gasteiger partial charge in [0.15, 0.2) is 0 Å². The summed E-state index contributed by atoms with van der Waals surface area (Å²) in [5, 5.41) is 2.72. The summed E-state index contributed by atoms with van der Waals surface area (Å²) in [6.45, 7) is 0.536. The molecular formula is C15H19N3O4S3. The number of nitrogens with zero attached hydrogens (tertiary/aromatic N) is 1. The van der Waals surface area contributed by atoms with E-state index in [0.717, 1.165) is 0 Å². The van der Waals surface area contributed by atoms with Crippen molar-refractivity contribution in [1.29, 1.82) is 0 Å². The van der Waals surface area contributed by atoms with Crippen molar-refractivity contribution in [3.63, 3.8) is 0 Å². The number of amides is 2. The van der Waals surface area contributed by atoms with Crippen LogP contribution < -0.4 is 10.0 Å².